The summed E-state index contributed by atoms with van der Waals surface area (Å²) in [7, 11) is 0. The smallest absolute Gasteiger partial charge is 0.0609 e. The number of hydrogen-bond acceptors (Lipinski definition) is 2. The summed E-state index contributed by atoms with van der Waals surface area (Å²) in [6, 6.07) is 12.0. The van der Waals surface area contributed by atoms with Gasteiger partial charge in [-0.25, -0.2) is 0 Å². The zero-order valence-electron chi connectivity index (χ0n) is 19.7. The summed E-state index contributed by atoms with van der Waals surface area (Å²) >= 11 is 0. The Kier molecular flexibility index (Phi) is 6.67. The van der Waals surface area contributed by atoms with Crippen LogP contribution in [-0.2, 0) is 0 Å². The van der Waals surface area contributed by atoms with Gasteiger partial charge < -0.3 is 9.80 Å². The van der Waals surface area contributed by atoms with Gasteiger partial charge in [0, 0.05) is 24.2 Å². The molecule has 3 rings (SSSR count). The highest BCUT2D eigenvalue weighted by Crippen LogP contribution is 2.46. The Morgan fingerprint density at radius 1 is 0.536 bits per heavy atom. The molecule has 2 aliphatic heterocycles. The molecule has 2 fully saturated rings. The van der Waals surface area contributed by atoms with Crippen molar-refractivity contribution in [2.24, 2.45) is 23.7 Å². The summed E-state index contributed by atoms with van der Waals surface area (Å²) < 4.78 is 0. The monoisotopic (exact) mass is 384 g/mol. The normalized spacial score (nSPS) is 28.6. The summed E-state index contributed by atoms with van der Waals surface area (Å²) in [5.74, 6) is 2.77. The van der Waals surface area contributed by atoms with Gasteiger partial charge in [0.1, 0.15) is 0 Å². The maximum absolute atomic E-state index is 2.83. The van der Waals surface area contributed by atoms with Crippen molar-refractivity contribution in [2.45, 2.75) is 105 Å². The van der Waals surface area contributed by atoms with Gasteiger partial charge >= 0.3 is 0 Å². The van der Waals surface area contributed by atoms with E-state index in [4.69, 9.17) is 0 Å². The first-order chi connectivity index (χ1) is 13.2. The maximum Gasteiger partial charge on any atom is 0.0609 e. The lowest BCUT2D eigenvalue weighted by molar-refractivity contribution is 0.435. The van der Waals surface area contributed by atoms with Gasteiger partial charge in [0.25, 0.3) is 0 Å². The molecular weight excluding hydrogens is 340 g/mol. The van der Waals surface area contributed by atoms with Crippen LogP contribution in [0.4, 0.5) is 11.4 Å². The molecule has 0 spiro atoms. The number of benzene rings is 1. The third-order valence-corrected chi connectivity index (χ3v) is 7.46. The minimum atomic E-state index is 0.658. The van der Waals surface area contributed by atoms with Crippen LogP contribution in [0.5, 0.6) is 0 Å². The van der Waals surface area contributed by atoms with Crippen molar-refractivity contribution in [3.8, 4) is 0 Å². The molecule has 0 saturated carbocycles. The van der Waals surface area contributed by atoms with Crippen LogP contribution in [0.3, 0.4) is 0 Å². The zero-order valence-corrected chi connectivity index (χ0v) is 19.7. The summed E-state index contributed by atoms with van der Waals surface area (Å²) in [5, 5.41) is 0. The fourth-order valence-electron chi connectivity index (χ4n) is 5.96. The van der Waals surface area contributed by atoms with E-state index in [1.807, 2.05) is 0 Å². The topological polar surface area (TPSA) is 6.48 Å². The second-order valence-electron chi connectivity index (χ2n) is 10.7. The molecule has 2 nitrogen and oxygen atoms in total. The molecule has 1 aromatic carbocycles. The Labute approximate surface area is 174 Å². The van der Waals surface area contributed by atoms with Crippen LogP contribution >= 0.6 is 0 Å². The minimum Gasteiger partial charge on any atom is -0.363 e. The largest absolute Gasteiger partial charge is 0.363 e. The van der Waals surface area contributed by atoms with Crippen molar-refractivity contribution in [3.05, 3.63) is 24.3 Å². The predicted octanol–water partition coefficient (Wildman–Crippen LogP) is 6.99. The second kappa shape index (κ2) is 8.67. The molecule has 2 heteroatoms. The van der Waals surface area contributed by atoms with Crippen LogP contribution in [0.15, 0.2) is 24.3 Å². The summed E-state index contributed by atoms with van der Waals surface area (Å²) in [5.41, 5.74) is 2.99. The number of para-hydroxylation sites is 2. The van der Waals surface area contributed by atoms with Gasteiger partial charge in [-0.3, -0.25) is 0 Å². The molecule has 0 unspecified atom stereocenters. The Hall–Kier alpha value is -1.18. The predicted molar refractivity (Wildman–Crippen MR) is 124 cm³/mol. The van der Waals surface area contributed by atoms with E-state index in [1.54, 1.807) is 0 Å². The fourth-order valence-corrected chi connectivity index (χ4v) is 5.96. The first kappa shape index (κ1) is 21.5. The number of hydrogen-bond donors (Lipinski definition) is 0. The lowest BCUT2D eigenvalue weighted by atomic mass is 9.98. The first-order valence-electron chi connectivity index (χ1n) is 11.9. The van der Waals surface area contributed by atoms with E-state index in [-0.39, 0.29) is 0 Å². The Balaban J connectivity index is 2.08. The lowest BCUT2D eigenvalue weighted by Gasteiger charge is -2.43. The molecule has 0 bridgehead atoms. The van der Waals surface area contributed by atoms with E-state index < -0.39 is 0 Å². The van der Waals surface area contributed by atoms with Crippen molar-refractivity contribution < 1.29 is 0 Å². The zero-order chi connectivity index (χ0) is 20.6. The summed E-state index contributed by atoms with van der Waals surface area (Å²) in [6.45, 7) is 19.3. The van der Waals surface area contributed by atoms with Crippen molar-refractivity contribution in [3.63, 3.8) is 0 Å². The molecule has 4 atom stereocenters. The molecule has 28 heavy (non-hydrogen) atoms. The number of nitrogens with zero attached hydrogens (tertiary/aromatic N) is 2. The van der Waals surface area contributed by atoms with E-state index in [9.17, 15) is 0 Å². The summed E-state index contributed by atoms with van der Waals surface area (Å²) in [4.78, 5) is 5.66. The average Bonchev–Trinajstić information content (AvgIpc) is 3.26. The maximum atomic E-state index is 2.83. The molecule has 2 saturated heterocycles. The Morgan fingerprint density at radius 3 is 1.00 bits per heavy atom. The molecule has 0 amide bonds. The SMILES string of the molecule is CC(C)[C@@H]1CC[C@@H](C(C)C)N1c1ccccc1N1[C@H](C(C)C)CC[C@H]1C(C)C. The van der Waals surface area contributed by atoms with E-state index >= 15 is 0 Å². The van der Waals surface area contributed by atoms with Gasteiger partial charge in [-0.15, -0.1) is 0 Å². The van der Waals surface area contributed by atoms with Crippen LogP contribution in [-0.4, -0.2) is 24.2 Å². The molecule has 0 N–H and O–H groups in total. The molecule has 0 radical (unpaired) electrons. The standard InChI is InChI=1S/C26H44N2/c1-17(2)21-13-14-22(18(3)4)27(21)25-11-9-10-12-26(25)28-23(19(5)6)15-16-24(28)20(7)8/h9-12,17-24H,13-16H2,1-8H3/t21-,22-,23-,24-/m0/s1. The van der Waals surface area contributed by atoms with E-state index in [2.05, 4.69) is 89.5 Å². The third-order valence-electron chi connectivity index (χ3n) is 7.46. The van der Waals surface area contributed by atoms with Crippen LogP contribution in [0.1, 0.15) is 81.1 Å². The third kappa shape index (κ3) is 3.94. The van der Waals surface area contributed by atoms with Crippen molar-refractivity contribution in [2.75, 3.05) is 9.80 Å². The van der Waals surface area contributed by atoms with Crippen molar-refractivity contribution in [1.82, 2.24) is 0 Å². The highest BCUT2D eigenvalue weighted by Gasteiger charge is 2.41. The highest BCUT2D eigenvalue weighted by atomic mass is 15.3. The first-order valence-corrected chi connectivity index (χ1v) is 11.9. The van der Waals surface area contributed by atoms with Crippen LogP contribution in [0, 0.1) is 23.7 Å². The van der Waals surface area contributed by atoms with Gasteiger partial charge in [-0.05, 0) is 61.5 Å². The van der Waals surface area contributed by atoms with Crippen molar-refractivity contribution >= 4 is 11.4 Å². The number of rotatable bonds is 6. The van der Waals surface area contributed by atoms with Crippen LogP contribution in [0.25, 0.3) is 0 Å². The highest BCUT2D eigenvalue weighted by molar-refractivity contribution is 5.74. The second-order valence-corrected chi connectivity index (χ2v) is 10.7. The van der Waals surface area contributed by atoms with E-state index in [0.29, 0.717) is 47.8 Å². The van der Waals surface area contributed by atoms with E-state index in [1.165, 1.54) is 37.1 Å². The van der Waals surface area contributed by atoms with Crippen molar-refractivity contribution in [1.29, 1.82) is 0 Å². The number of anilines is 2. The molecule has 2 aliphatic rings. The fraction of sp³-hybridized carbons (Fsp3) is 0.769. The molecule has 158 valence electrons. The molecule has 2 heterocycles. The molecule has 1 aromatic rings. The average molecular weight is 385 g/mol. The van der Waals surface area contributed by atoms with Gasteiger partial charge in [-0.1, -0.05) is 67.5 Å². The quantitative estimate of drug-likeness (QED) is 0.521. The molecule has 0 aliphatic carbocycles. The van der Waals surface area contributed by atoms with Gasteiger partial charge in [0.15, 0.2) is 0 Å². The van der Waals surface area contributed by atoms with E-state index in [0.717, 1.165) is 0 Å². The summed E-state index contributed by atoms with van der Waals surface area (Å²) in [6.07, 6.45) is 5.32. The Morgan fingerprint density at radius 2 is 0.786 bits per heavy atom. The van der Waals surface area contributed by atoms with Gasteiger partial charge in [0.05, 0.1) is 11.4 Å². The molecular formula is C26H44N2. The van der Waals surface area contributed by atoms with Crippen LogP contribution < -0.4 is 9.80 Å². The van der Waals surface area contributed by atoms with Gasteiger partial charge in [0.2, 0.25) is 0 Å². The van der Waals surface area contributed by atoms with Gasteiger partial charge in [-0.2, -0.15) is 0 Å². The lowest BCUT2D eigenvalue weighted by Crippen LogP contribution is -2.45. The minimum absolute atomic E-state index is 0.658. The molecule has 0 aromatic heterocycles. The van der Waals surface area contributed by atoms with Crippen LogP contribution in [0.2, 0.25) is 0 Å². The Bertz CT molecular complexity index is 546.